The first-order chi connectivity index (χ1) is 14.6. The minimum atomic E-state index is -0.294. The van der Waals surface area contributed by atoms with Crippen molar-refractivity contribution in [3.05, 3.63) is 83.9 Å². The molecule has 2 heterocycles. The highest BCUT2D eigenvalue weighted by molar-refractivity contribution is 6.05. The van der Waals surface area contributed by atoms with E-state index in [1.165, 1.54) is 11.0 Å². The largest absolute Gasteiger partial charge is 0.487 e. The highest BCUT2D eigenvalue weighted by atomic mass is 19.1. The summed E-state index contributed by atoms with van der Waals surface area (Å²) in [5, 5.41) is 0. The maximum Gasteiger partial charge on any atom is 0.258 e. The van der Waals surface area contributed by atoms with Crippen LogP contribution in [0.2, 0.25) is 0 Å². The number of hydrogen-bond acceptors (Lipinski definition) is 4. The van der Waals surface area contributed by atoms with Gasteiger partial charge in [-0.2, -0.15) is 0 Å². The fourth-order valence-electron chi connectivity index (χ4n) is 3.57. The van der Waals surface area contributed by atoms with Crippen LogP contribution in [0.5, 0.6) is 5.75 Å². The van der Waals surface area contributed by atoms with E-state index in [0.29, 0.717) is 29.3 Å². The Hall–Kier alpha value is -3.41. The average Bonchev–Trinajstić information content (AvgIpc) is 3.32. The van der Waals surface area contributed by atoms with Crippen LogP contribution in [0, 0.1) is 5.82 Å². The van der Waals surface area contributed by atoms with E-state index >= 15 is 0 Å². The lowest BCUT2D eigenvalue weighted by Gasteiger charge is -2.22. The van der Waals surface area contributed by atoms with Crippen molar-refractivity contribution in [3.8, 4) is 5.75 Å². The first kappa shape index (κ1) is 19.9. The number of pyridine rings is 1. The lowest BCUT2D eigenvalue weighted by molar-refractivity contribution is 0.0993. The fourth-order valence-corrected chi connectivity index (χ4v) is 3.57. The molecule has 0 aliphatic carbocycles. The Kier molecular flexibility index (Phi) is 5.93. The molecule has 6 heteroatoms. The maximum absolute atomic E-state index is 14.6. The zero-order valence-corrected chi connectivity index (χ0v) is 16.9. The van der Waals surface area contributed by atoms with Crippen LogP contribution in [0.3, 0.4) is 0 Å². The third-order valence-electron chi connectivity index (χ3n) is 5.31. The smallest absolute Gasteiger partial charge is 0.258 e. The normalized spacial score (nSPS) is 13.3. The minimum absolute atomic E-state index is 0.192. The molecule has 4 rings (SSSR count). The molecule has 1 amide bonds. The van der Waals surface area contributed by atoms with E-state index in [1.54, 1.807) is 43.7 Å². The van der Waals surface area contributed by atoms with Crippen LogP contribution >= 0.6 is 0 Å². The zero-order valence-electron chi connectivity index (χ0n) is 16.9. The Balaban J connectivity index is 1.41. The van der Waals surface area contributed by atoms with Crippen LogP contribution in [0.25, 0.3) is 0 Å². The highest BCUT2D eigenvalue weighted by Crippen LogP contribution is 2.28. The van der Waals surface area contributed by atoms with Crippen LogP contribution in [0.4, 0.5) is 15.8 Å². The lowest BCUT2D eigenvalue weighted by Crippen LogP contribution is -2.26. The van der Waals surface area contributed by atoms with Crippen molar-refractivity contribution in [1.82, 2.24) is 4.98 Å². The Morgan fingerprint density at radius 3 is 2.57 bits per heavy atom. The predicted molar refractivity (Wildman–Crippen MR) is 116 cm³/mol. The molecule has 1 saturated heterocycles. The van der Waals surface area contributed by atoms with E-state index in [-0.39, 0.29) is 11.7 Å². The summed E-state index contributed by atoms with van der Waals surface area (Å²) in [6.45, 7) is 2.14. The van der Waals surface area contributed by atoms with Gasteiger partial charge < -0.3 is 14.5 Å². The number of aromatic nitrogens is 1. The quantitative estimate of drug-likeness (QED) is 0.598. The van der Waals surface area contributed by atoms with Crippen molar-refractivity contribution in [2.75, 3.05) is 29.9 Å². The number of halogens is 1. The average molecular weight is 405 g/mol. The van der Waals surface area contributed by atoms with Gasteiger partial charge in [0.05, 0.1) is 11.9 Å². The van der Waals surface area contributed by atoms with Gasteiger partial charge in [-0.15, -0.1) is 0 Å². The molecule has 154 valence electrons. The molecule has 30 heavy (non-hydrogen) atoms. The zero-order chi connectivity index (χ0) is 20.9. The fraction of sp³-hybridized carbons (Fsp3) is 0.250. The number of carbonyl (C=O) groups is 1. The van der Waals surface area contributed by atoms with Gasteiger partial charge in [-0.05, 0) is 60.9 Å². The third kappa shape index (κ3) is 4.43. The van der Waals surface area contributed by atoms with Crippen LogP contribution in [0.15, 0.2) is 67.0 Å². The second-order valence-electron chi connectivity index (χ2n) is 7.37. The molecule has 1 aliphatic rings. The molecular weight excluding hydrogens is 381 g/mol. The van der Waals surface area contributed by atoms with Crippen molar-refractivity contribution in [1.29, 1.82) is 0 Å². The Morgan fingerprint density at radius 2 is 1.90 bits per heavy atom. The second kappa shape index (κ2) is 8.95. The molecule has 0 radical (unpaired) electrons. The molecule has 0 saturated carbocycles. The summed E-state index contributed by atoms with van der Waals surface area (Å²) in [6, 6.07) is 15.9. The van der Waals surface area contributed by atoms with E-state index in [2.05, 4.69) is 4.98 Å². The van der Waals surface area contributed by atoms with Crippen LogP contribution < -0.4 is 14.5 Å². The van der Waals surface area contributed by atoms with Crippen LogP contribution in [0.1, 0.15) is 28.8 Å². The molecule has 0 N–H and O–H groups in total. The molecule has 0 spiro atoms. The molecular formula is C24H24FN3O2. The minimum Gasteiger partial charge on any atom is -0.487 e. The molecule has 1 aliphatic heterocycles. The summed E-state index contributed by atoms with van der Waals surface area (Å²) in [6.07, 6.45) is 5.52. The van der Waals surface area contributed by atoms with Gasteiger partial charge in [0.1, 0.15) is 18.2 Å². The van der Waals surface area contributed by atoms with Gasteiger partial charge in [-0.1, -0.05) is 12.1 Å². The van der Waals surface area contributed by atoms with E-state index in [4.69, 9.17) is 4.74 Å². The van der Waals surface area contributed by atoms with Gasteiger partial charge in [0, 0.05) is 37.6 Å². The van der Waals surface area contributed by atoms with E-state index in [1.807, 2.05) is 29.2 Å². The Bertz CT molecular complexity index is 1000. The molecule has 2 aromatic carbocycles. The number of ether oxygens (including phenoxy) is 1. The van der Waals surface area contributed by atoms with Crippen molar-refractivity contribution in [2.45, 2.75) is 19.4 Å². The van der Waals surface area contributed by atoms with Crippen molar-refractivity contribution in [2.24, 2.45) is 0 Å². The first-order valence-electron chi connectivity index (χ1n) is 10.1. The molecule has 3 aromatic rings. The Morgan fingerprint density at radius 1 is 1.13 bits per heavy atom. The van der Waals surface area contributed by atoms with Gasteiger partial charge in [-0.25, -0.2) is 4.39 Å². The van der Waals surface area contributed by atoms with Crippen molar-refractivity contribution in [3.63, 3.8) is 0 Å². The highest BCUT2D eigenvalue weighted by Gasteiger charge is 2.19. The van der Waals surface area contributed by atoms with Crippen molar-refractivity contribution < 1.29 is 13.9 Å². The Labute approximate surface area is 175 Å². The third-order valence-corrected chi connectivity index (χ3v) is 5.31. The number of nitrogens with zero attached hydrogens (tertiary/aromatic N) is 3. The number of anilines is 2. The number of hydrogen-bond donors (Lipinski definition) is 0. The summed E-state index contributed by atoms with van der Waals surface area (Å²) in [5.41, 5.74) is 2.62. The van der Waals surface area contributed by atoms with Gasteiger partial charge in [-0.3, -0.25) is 9.78 Å². The number of benzene rings is 2. The predicted octanol–water partition coefficient (Wildman–Crippen LogP) is 4.68. The van der Waals surface area contributed by atoms with Gasteiger partial charge in [0.15, 0.2) is 0 Å². The van der Waals surface area contributed by atoms with E-state index < -0.39 is 0 Å². The monoisotopic (exact) mass is 405 g/mol. The van der Waals surface area contributed by atoms with Gasteiger partial charge >= 0.3 is 0 Å². The van der Waals surface area contributed by atoms with E-state index in [9.17, 15) is 9.18 Å². The standard InChI is InChI=1S/C24H24FN3O2/c1-27(20-10-11-23(22(25)15-20)28-13-2-3-14-28)24(29)19-8-6-18(7-9-19)17-30-21-5-4-12-26-16-21/h4-12,15-16H,2-3,13-14,17H2,1H3. The van der Waals surface area contributed by atoms with Gasteiger partial charge in [0.2, 0.25) is 0 Å². The summed E-state index contributed by atoms with van der Waals surface area (Å²) >= 11 is 0. The first-order valence-corrected chi connectivity index (χ1v) is 10.1. The summed E-state index contributed by atoms with van der Waals surface area (Å²) in [4.78, 5) is 20.4. The SMILES string of the molecule is CN(C(=O)c1ccc(COc2cccnc2)cc1)c1ccc(N2CCCC2)c(F)c1. The van der Waals surface area contributed by atoms with E-state index in [0.717, 1.165) is 31.5 Å². The van der Waals surface area contributed by atoms with Crippen LogP contribution in [-0.2, 0) is 6.61 Å². The molecule has 0 bridgehead atoms. The number of carbonyl (C=O) groups excluding carboxylic acids is 1. The summed E-state index contributed by atoms with van der Waals surface area (Å²) in [7, 11) is 1.66. The molecule has 5 nitrogen and oxygen atoms in total. The lowest BCUT2D eigenvalue weighted by atomic mass is 10.1. The number of rotatable bonds is 6. The second-order valence-corrected chi connectivity index (χ2v) is 7.37. The van der Waals surface area contributed by atoms with Crippen molar-refractivity contribution >= 4 is 17.3 Å². The molecule has 1 aromatic heterocycles. The maximum atomic E-state index is 14.6. The molecule has 0 atom stereocenters. The summed E-state index contributed by atoms with van der Waals surface area (Å²) in [5.74, 6) is 0.205. The molecule has 0 unspecified atom stereocenters. The molecule has 1 fully saturated rings. The topological polar surface area (TPSA) is 45.7 Å². The van der Waals surface area contributed by atoms with Crippen LogP contribution in [-0.4, -0.2) is 31.0 Å². The number of amides is 1. The summed E-state index contributed by atoms with van der Waals surface area (Å²) < 4.78 is 20.3. The van der Waals surface area contributed by atoms with Gasteiger partial charge in [0.25, 0.3) is 5.91 Å².